The summed E-state index contributed by atoms with van der Waals surface area (Å²) in [5.41, 5.74) is 0. The molecule has 0 amide bonds. The molecule has 7 nitrogen and oxygen atoms in total. The molecule has 0 aliphatic carbocycles. The van der Waals surface area contributed by atoms with Crippen LogP contribution in [0.1, 0.15) is 13.3 Å². The molecule has 0 aliphatic rings. The van der Waals surface area contributed by atoms with E-state index in [1.54, 1.807) is 0 Å². The highest BCUT2D eigenvalue weighted by Gasteiger charge is 2.21. The average Bonchev–Trinajstić information content (AvgIpc) is 1.99. The van der Waals surface area contributed by atoms with Crippen LogP contribution >= 0.6 is 0 Å². The number of aliphatic carboxylic acids is 3. The monoisotopic (exact) mass is 219 g/mol. The van der Waals surface area contributed by atoms with Crippen molar-refractivity contribution in [3.05, 3.63) is 0 Å². The van der Waals surface area contributed by atoms with Gasteiger partial charge >= 0.3 is 17.9 Å². The van der Waals surface area contributed by atoms with Crippen LogP contribution in [0.5, 0.6) is 0 Å². The van der Waals surface area contributed by atoms with Gasteiger partial charge in [0, 0.05) is 6.04 Å². The van der Waals surface area contributed by atoms with Gasteiger partial charge < -0.3 is 15.3 Å². The maximum atomic E-state index is 10.4. The number of hydrogen-bond acceptors (Lipinski definition) is 4. The van der Waals surface area contributed by atoms with Crippen LogP contribution in [-0.4, -0.2) is 57.3 Å². The van der Waals surface area contributed by atoms with Crippen molar-refractivity contribution in [1.29, 1.82) is 0 Å². The topological polar surface area (TPSA) is 115 Å². The minimum atomic E-state index is -1.19. The van der Waals surface area contributed by atoms with Gasteiger partial charge in [0.2, 0.25) is 0 Å². The lowest BCUT2D eigenvalue weighted by atomic mass is 10.2. The summed E-state index contributed by atoms with van der Waals surface area (Å²) in [6.07, 6.45) is -0.291. The molecule has 0 aromatic carbocycles. The Bertz CT molecular complexity index is 248. The second-order valence-corrected chi connectivity index (χ2v) is 3.14. The highest BCUT2D eigenvalue weighted by atomic mass is 16.4. The number of nitrogens with zero attached hydrogens (tertiary/aromatic N) is 1. The van der Waals surface area contributed by atoms with Crippen LogP contribution in [0, 0.1) is 0 Å². The Balaban J connectivity index is 4.38. The van der Waals surface area contributed by atoms with Crippen LogP contribution in [0.15, 0.2) is 0 Å². The molecular weight excluding hydrogens is 206 g/mol. The third-order valence-corrected chi connectivity index (χ3v) is 1.77. The lowest BCUT2D eigenvalue weighted by Gasteiger charge is -2.24. The van der Waals surface area contributed by atoms with Crippen LogP contribution in [0.25, 0.3) is 0 Å². The van der Waals surface area contributed by atoms with Crippen molar-refractivity contribution >= 4 is 17.9 Å². The summed E-state index contributed by atoms with van der Waals surface area (Å²) in [5, 5.41) is 25.5. The molecule has 15 heavy (non-hydrogen) atoms. The Morgan fingerprint density at radius 2 is 1.40 bits per heavy atom. The van der Waals surface area contributed by atoms with Crippen LogP contribution in [-0.2, 0) is 14.4 Å². The molecule has 1 atom stereocenters. The zero-order valence-electron chi connectivity index (χ0n) is 8.21. The van der Waals surface area contributed by atoms with Gasteiger partial charge in [0.05, 0.1) is 19.5 Å². The summed E-state index contributed by atoms with van der Waals surface area (Å²) in [5.74, 6) is -3.47. The van der Waals surface area contributed by atoms with Crippen molar-refractivity contribution in [2.45, 2.75) is 19.4 Å². The standard InChI is InChI=1S/C8H13NO6/c1-5(2-6(10)11)9(3-7(12)13)4-8(14)15/h5H,2-4H2,1H3,(H,10,11)(H,12,13)(H,14,15). The van der Waals surface area contributed by atoms with Crippen molar-refractivity contribution in [1.82, 2.24) is 4.90 Å². The maximum Gasteiger partial charge on any atom is 0.317 e. The van der Waals surface area contributed by atoms with E-state index in [2.05, 4.69) is 0 Å². The molecule has 1 unspecified atom stereocenters. The molecule has 3 N–H and O–H groups in total. The summed E-state index contributed by atoms with van der Waals surface area (Å²) in [7, 11) is 0. The van der Waals surface area contributed by atoms with Crippen molar-refractivity contribution in [3.8, 4) is 0 Å². The second kappa shape index (κ2) is 5.97. The zero-order valence-corrected chi connectivity index (χ0v) is 8.21. The van der Waals surface area contributed by atoms with Crippen molar-refractivity contribution < 1.29 is 29.7 Å². The Kier molecular flexibility index (Phi) is 5.32. The first-order valence-electron chi connectivity index (χ1n) is 4.22. The first-order chi connectivity index (χ1) is 6.82. The summed E-state index contributed by atoms with van der Waals surface area (Å²) < 4.78 is 0. The average molecular weight is 219 g/mol. The Morgan fingerprint density at radius 3 is 1.67 bits per heavy atom. The first kappa shape index (κ1) is 13.4. The van der Waals surface area contributed by atoms with Crippen LogP contribution in [0.2, 0.25) is 0 Å². The smallest absolute Gasteiger partial charge is 0.317 e. The minimum absolute atomic E-state index is 0.291. The molecule has 0 saturated heterocycles. The van der Waals surface area contributed by atoms with Gasteiger partial charge in [-0.25, -0.2) is 0 Å². The van der Waals surface area contributed by atoms with Gasteiger partial charge in [-0.1, -0.05) is 0 Å². The Labute approximate surface area is 85.9 Å². The molecule has 0 bridgehead atoms. The fraction of sp³-hybridized carbons (Fsp3) is 0.625. The van der Waals surface area contributed by atoms with E-state index in [0.29, 0.717) is 0 Å². The van der Waals surface area contributed by atoms with Crippen molar-refractivity contribution in [3.63, 3.8) is 0 Å². The second-order valence-electron chi connectivity index (χ2n) is 3.14. The number of carboxylic acid groups (broad SMARTS) is 3. The third kappa shape index (κ3) is 6.44. The molecule has 0 aliphatic heterocycles. The molecule has 0 saturated carbocycles. The van der Waals surface area contributed by atoms with Crippen molar-refractivity contribution in [2.75, 3.05) is 13.1 Å². The predicted molar refractivity (Wildman–Crippen MR) is 48.6 cm³/mol. The molecule has 0 heterocycles. The molecule has 86 valence electrons. The van der Waals surface area contributed by atoms with Crippen LogP contribution < -0.4 is 0 Å². The quantitative estimate of drug-likeness (QED) is 0.519. The number of carbonyl (C=O) groups is 3. The SMILES string of the molecule is CC(CC(=O)O)N(CC(=O)O)CC(=O)O. The molecule has 0 aromatic heterocycles. The molecule has 0 spiro atoms. The molecular formula is C8H13NO6. The zero-order chi connectivity index (χ0) is 12.0. The molecule has 0 fully saturated rings. The molecule has 0 aromatic rings. The van der Waals surface area contributed by atoms with E-state index in [1.165, 1.54) is 6.92 Å². The van der Waals surface area contributed by atoms with Gasteiger partial charge in [-0.2, -0.15) is 0 Å². The van der Waals surface area contributed by atoms with Crippen LogP contribution in [0.4, 0.5) is 0 Å². The first-order valence-corrected chi connectivity index (χ1v) is 4.22. The molecule has 7 heteroatoms. The highest BCUT2D eigenvalue weighted by molar-refractivity contribution is 5.73. The van der Waals surface area contributed by atoms with E-state index in [9.17, 15) is 14.4 Å². The number of hydrogen-bond donors (Lipinski definition) is 3. The summed E-state index contributed by atoms with van der Waals surface area (Å²) in [6.45, 7) is 0.501. The predicted octanol–water partition coefficient (Wildman–Crippen LogP) is -0.679. The normalized spacial score (nSPS) is 12.4. The lowest BCUT2D eigenvalue weighted by Crippen LogP contribution is -2.41. The molecule has 0 radical (unpaired) electrons. The van der Waals surface area contributed by atoms with Gasteiger partial charge in [-0.3, -0.25) is 19.3 Å². The van der Waals surface area contributed by atoms with E-state index < -0.39 is 37.0 Å². The van der Waals surface area contributed by atoms with E-state index >= 15 is 0 Å². The van der Waals surface area contributed by atoms with Gasteiger partial charge in [0.15, 0.2) is 0 Å². The summed E-state index contributed by atoms with van der Waals surface area (Å²) in [4.78, 5) is 32.2. The maximum absolute atomic E-state index is 10.4. The lowest BCUT2D eigenvalue weighted by molar-refractivity contribution is -0.146. The fourth-order valence-electron chi connectivity index (χ4n) is 1.10. The minimum Gasteiger partial charge on any atom is -0.481 e. The molecule has 0 rings (SSSR count). The third-order valence-electron chi connectivity index (χ3n) is 1.77. The van der Waals surface area contributed by atoms with E-state index in [1.807, 2.05) is 0 Å². The number of carboxylic acids is 3. The van der Waals surface area contributed by atoms with Crippen molar-refractivity contribution in [2.24, 2.45) is 0 Å². The van der Waals surface area contributed by atoms with Gasteiger partial charge in [0.1, 0.15) is 0 Å². The summed E-state index contributed by atoms with van der Waals surface area (Å²) in [6, 6.07) is -0.630. The Morgan fingerprint density at radius 1 is 1.00 bits per heavy atom. The van der Waals surface area contributed by atoms with Gasteiger partial charge in [-0.05, 0) is 6.92 Å². The van der Waals surface area contributed by atoms with E-state index in [0.717, 1.165) is 4.90 Å². The fourth-order valence-corrected chi connectivity index (χ4v) is 1.10. The number of rotatable bonds is 7. The highest BCUT2D eigenvalue weighted by Crippen LogP contribution is 2.03. The van der Waals surface area contributed by atoms with Gasteiger partial charge in [0.25, 0.3) is 0 Å². The van der Waals surface area contributed by atoms with Crippen LogP contribution in [0.3, 0.4) is 0 Å². The largest absolute Gasteiger partial charge is 0.481 e. The Hall–Kier alpha value is -1.63. The van der Waals surface area contributed by atoms with E-state index in [4.69, 9.17) is 15.3 Å². The summed E-state index contributed by atoms with van der Waals surface area (Å²) >= 11 is 0. The van der Waals surface area contributed by atoms with Gasteiger partial charge in [-0.15, -0.1) is 0 Å². The van der Waals surface area contributed by atoms with E-state index in [-0.39, 0.29) is 6.42 Å².